The molecule has 0 aliphatic carbocycles. The molecule has 0 aromatic heterocycles. The number of anilines is 1. The van der Waals surface area contributed by atoms with Crippen molar-refractivity contribution in [1.82, 2.24) is 0 Å². The zero-order valence-electron chi connectivity index (χ0n) is 8.16. The SMILES string of the molecule is Cc1ccccc1N1CC[CH]CC1. The Morgan fingerprint density at radius 3 is 2.46 bits per heavy atom. The predicted molar refractivity (Wildman–Crippen MR) is 56.9 cm³/mol. The molecule has 1 saturated heterocycles. The highest BCUT2D eigenvalue weighted by Gasteiger charge is 2.11. The van der Waals surface area contributed by atoms with Crippen LogP contribution in [0.1, 0.15) is 18.4 Å². The lowest BCUT2D eigenvalue weighted by atomic mass is 10.1. The van der Waals surface area contributed by atoms with Gasteiger partial charge in [0.15, 0.2) is 0 Å². The maximum absolute atomic E-state index is 2.48. The zero-order chi connectivity index (χ0) is 9.10. The summed E-state index contributed by atoms with van der Waals surface area (Å²) in [5.41, 5.74) is 2.81. The Kier molecular flexibility index (Phi) is 2.53. The molecule has 0 amide bonds. The number of benzene rings is 1. The summed E-state index contributed by atoms with van der Waals surface area (Å²) in [7, 11) is 0. The average Bonchev–Trinajstić information content (AvgIpc) is 2.20. The van der Waals surface area contributed by atoms with Gasteiger partial charge in [-0.25, -0.2) is 0 Å². The summed E-state index contributed by atoms with van der Waals surface area (Å²) in [5.74, 6) is 0. The van der Waals surface area contributed by atoms with Crippen LogP contribution in [0.2, 0.25) is 0 Å². The van der Waals surface area contributed by atoms with Crippen molar-refractivity contribution < 1.29 is 0 Å². The lowest BCUT2D eigenvalue weighted by molar-refractivity contribution is 0.677. The van der Waals surface area contributed by atoms with Gasteiger partial charge in [0, 0.05) is 18.8 Å². The molecule has 1 aliphatic rings. The van der Waals surface area contributed by atoms with Crippen molar-refractivity contribution >= 4 is 5.69 Å². The Morgan fingerprint density at radius 2 is 1.77 bits per heavy atom. The maximum atomic E-state index is 2.48. The van der Waals surface area contributed by atoms with Gasteiger partial charge in [-0.05, 0) is 37.8 Å². The lowest BCUT2D eigenvalue weighted by Gasteiger charge is -2.29. The smallest absolute Gasteiger partial charge is 0.0395 e. The van der Waals surface area contributed by atoms with Gasteiger partial charge < -0.3 is 4.90 Å². The van der Waals surface area contributed by atoms with Crippen LogP contribution in [0, 0.1) is 13.3 Å². The van der Waals surface area contributed by atoms with Crippen LogP contribution in [0.25, 0.3) is 0 Å². The highest BCUT2D eigenvalue weighted by Crippen LogP contribution is 2.22. The fraction of sp³-hybridized carbons (Fsp3) is 0.417. The summed E-state index contributed by atoms with van der Waals surface area (Å²) >= 11 is 0. The summed E-state index contributed by atoms with van der Waals surface area (Å²) in [5, 5.41) is 0. The van der Waals surface area contributed by atoms with Crippen molar-refractivity contribution in [3.63, 3.8) is 0 Å². The average molecular weight is 174 g/mol. The number of aryl methyl sites for hydroxylation is 1. The highest BCUT2D eigenvalue weighted by atomic mass is 15.1. The molecule has 0 saturated carbocycles. The van der Waals surface area contributed by atoms with Crippen molar-refractivity contribution in [2.75, 3.05) is 18.0 Å². The fourth-order valence-electron chi connectivity index (χ4n) is 1.91. The quantitative estimate of drug-likeness (QED) is 0.632. The third-order valence-corrected chi connectivity index (χ3v) is 2.66. The van der Waals surface area contributed by atoms with Crippen LogP contribution in [0.3, 0.4) is 0 Å². The van der Waals surface area contributed by atoms with E-state index in [0.29, 0.717) is 0 Å². The van der Waals surface area contributed by atoms with Gasteiger partial charge in [0.1, 0.15) is 0 Å². The Balaban J connectivity index is 2.18. The lowest BCUT2D eigenvalue weighted by Crippen LogP contribution is -2.30. The van der Waals surface area contributed by atoms with E-state index in [0.717, 1.165) is 0 Å². The minimum absolute atomic E-state index is 1.19. The largest absolute Gasteiger partial charge is 0.371 e. The van der Waals surface area contributed by atoms with E-state index < -0.39 is 0 Å². The van der Waals surface area contributed by atoms with E-state index in [1.807, 2.05) is 0 Å². The third kappa shape index (κ3) is 1.85. The van der Waals surface area contributed by atoms with E-state index in [4.69, 9.17) is 0 Å². The van der Waals surface area contributed by atoms with Gasteiger partial charge in [0.05, 0.1) is 0 Å². The second-order valence-corrected chi connectivity index (χ2v) is 3.64. The minimum atomic E-state index is 1.19. The number of hydrogen-bond donors (Lipinski definition) is 0. The van der Waals surface area contributed by atoms with Crippen molar-refractivity contribution in [3.8, 4) is 0 Å². The second kappa shape index (κ2) is 3.82. The van der Waals surface area contributed by atoms with E-state index in [9.17, 15) is 0 Å². The number of hydrogen-bond acceptors (Lipinski definition) is 1. The van der Waals surface area contributed by atoms with Gasteiger partial charge in [-0.15, -0.1) is 0 Å². The molecule has 1 heteroatoms. The molecule has 0 unspecified atom stereocenters. The summed E-state index contributed by atoms with van der Waals surface area (Å²) in [6.45, 7) is 4.56. The highest BCUT2D eigenvalue weighted by molar-refractivity contribution is 5.53. The van der Waals surface area contributed by atoms with Crippen LogP contribution in [0.5, 0.6) is 0 Å². The predicted octanol–water partition coefficient (Wildman–Crippen LogP) is 2.80. The molecule has 1 fully saturated rings. The van der Waals surface area contributed by atoms with Crippen molar-refractivity contribution in [1.29, 1.82) is 0 Å². The molecule has 0 N–H and O–H groups in total. The number of piperidine rings is 1. The minimum Gasteiger partial charge on any atom is -0.371 e. The van der Waals surface area contributed by atoms with Gasteiger partial charge in [0.25, 0.3) is 0 Å². The van der Waals surface area contributed by atoms with Gasteiger partial charge in [0.2, 0.25) is 0 Å². The molecule has 2 rings (SSSR count). The van der Waals surface area contributed by atoms with Crippen molar-refractivity contribution in [2.45, 2.75) is 19.8 Å². The first-order chi connectivity index (χ1) is 6.38. The van der Waals surface area contributed by atoms with Crippen LogP contribution >= 0.6 is 0 Å². The topological polar surface area (TPSA) is 3.24 Å². The molecule has 1 nitrogen and oxygen atoms in total. The van der Waals surface area contributed by atoms with Gasteiger partial charge in [-0.3, -0.25) is 0 Å². The van der Waals surface area contributed by atoms with Crippen LogP contribution in [0.15, 0.2) is 24.3 Å². The molecule has 1 radical (unpaired) electrons. The van der Waals surface area contributed by atoms with E-state index in [2.05, 4.69) is 42.5 Å². The summed E-state index contributed by atoms with van der Waals surface area (Å²) in [6.07, 6.45) is 4.84. The Bertz CT molecular complexity index is 274. The first-order valence-electron chi connectivity index (χ1n) is 5.00. The molecule has 13 heavy (non-hydrogen) atoms. The molecular formula is C12H16N. The van der Waals surface area contributed by atoms with Gasteiger partial charge in [-0.1, -0.05) is 18.2 Å². The number of rotatable bonds is 1. The first-order valence-corrected chi connectivity index (χ1v) is 5.00. The second-order valence-electron chi connectivity index (χ2n) is 3.64. The van der Waals surface area contributed by atoms with Crippen molar-refractivity contribution in [3.05, 3.63) is 36.2 Å². The van der Waals surface area contributed by atoms with Gasteiger partial charge in [-0.2, -0.15) is 0 Å². The zero-order valence-corrected chi connectivity index (χ0v) is 8.16. The summed E-state index contributed by atoms with van der Waals surface area (Å²) in [6, 6.07) is 8.64. The maximum Gasteiger partial charge on any atom is 0.0395 e. The van der Waals surface area contributed by atoms with Crippen molar-refractivity contribution in [2.24, 2.45) is 0 Å². The van der Waals surface area contributed by atoms with E-state index in [-0.39, 0.29) is 0 Å². The number of nitrogens with zero attached hydrogens (tertiary/aromatic N) is 1. The Hall–Kier alpha value is -0.980. The molecule has 1 heterocycles. The van der Waals surface area contributed by atoms with E-state index in [1.54, 1.807) is 0 Å². The molecule has 69 valence electrons. The van der Waals surface area contributed by atoms with E-state index >= 15 is 0 Å². The molecule has 0 spiro atoms. The summed E-state index contributed by atoms with van der Waals surface area (Å²) < 4.78 is 0. The molecule has 1 aromatic rings. The summed E-state index contributed by atoms with van der Waals surface area (Å²) in [4.78, 5) is 2.48. The van der Waals surface area contributed by atoms with Crippen LogP contribution in [0.4, 0.5) is 5.69 Å². The number of para-hydroxylation sites is 1. The fourth-order valence-corrected chi connectivity index (χ4v) is 1.91. The van der Waals surface area contributed by atoms with E-state index in [1.165, 1.54) is 37.2 Å². The van der Waals surface area contributed by atoms with Crippen LogP contribution in [-0.4, -0.2) is 13.1 Å². The monoisotopic (exact) mass is 174 g/mol. The third-order valence-electron chi connectivity index (χ3n) is 2.66. The standard InChI is InChI=1S/C12H16N/c1-11-7-3-4-8-12(11)13-9-5-2-6-10-13/h2-4,7-8H,5-6,9-10H2,1H3. The molecule has 1 aliphatic heterocycles. The normalized spacial score (nSPS) is 17.5. The van der Waals surface area contributed by atoms with Gasteiger partial charge >= 0.3 is 0 Å². The molecule has 0 bridgehead atoms. The Morgan fingerprint density at radius 1 is 1.08 bits per heavy atom. The molecule has 0 atom stereocenters. The van der Waals surface area contributed by atoms with Crippen LogP contribution < -0.4 is 4.90 Å². The molecule has 1 aromatic carbocycles. The first kappa shape index (κ1) is 8.61. The Labute approximate surface area is 80.4 Å². The van der Waals surface area contributed by atoms with Crippen LogP contribution in [-0.2, 0) is 0 Å². The molecular weight excluding hydrogens is 158 g/mol.